The highest BCUT2D eigenvalue weighted by Gasteiger charge is 2.47. The second-order valence-electron chi connectivity index (χ2n) is 6.67. The molecule has 2 heterocycles. The van der Waals surface area contributed by atoms with Crippen molar-refractivity contribution in [3.8, 4) is 0 Å². The van der Waals surface area contributed by atoms with Crippen LogP contribution in [-0.2, 0) is 14.6 Å². The maximum atomic E-state index is 11.7. The van der Waals surface area contributed by atoms with Crippen molar-refractivity contribution in [1.82, 2.24) is 4.90 Å². The van der Waals surface area contributed by atoms with E-state index in [1.807, 2.05) is 7.05 Å². The molecule has 5 nitrogen and oxygen atoms in total. The molecule has 118 valence electrons. The third-order valence-corrected chi connectivity index (χ3v) is 7.10. The molecule has 0 amide bonds. The van der Waals surface area contributed by atoms with Gasteiger partial charge < -0.3 is 10.5 Å². The fraction of sp³-hybridized carbons (Fsp3) is 1.00. The summed E-state index contributed by atoms with van der Waals surface area (Å²) in [5, 5.41) is 0. The van der Waals surface area contributed by atoms with Gasteiger partial charge in [0.05, 0.1) is 17.1 Å². The summed E-state index contributed by atoms with van der Waals surface area (Å²) in [7, 11) is -0.821. The van der Waals surface area contributed by atoms with E-state index in [1.54, 1.807) is 0 Å². The third-order valence-electron chi connectivity index (χ3n) is 5.35. The van der Waals surface area contributed by atoms with E-state index in [2.05, 4.69) is 18.7 Å². The van der Waals surface area contributed by atoms with Crippen LogP contribution in [0.25, 0.3) is 0 Å². The van der Waals surface area contributed by atoms with E-state index in [1.165, 1.54) is 0 Å². The van der Waals surface area contributed by atoms with E-state index >= 15 is 0 Å². The molecular formula is C14H28N2O3S. The SMILES string of the molecule is CCC1(C)CC(CN)(N(C)C2CCS(=O)(=O)C2)CCO1. The average Bonchev–Trinajstić information content (AvgIpc) is 2.78. The first-order valence-corrected chi connectivity index (χ1v) is 9.35. The van der Waals surface area contributed by atoms with E-state index < -0.39 is 9.84 Å². The highest BCUT2D eigenvalue weighted by atomic mass is 32.2. The van der Waals surface area contributed by atoms with Crippen molar-refractivity contribution >= 4 is 9.84 Å². The second-order valence-corrected chi connectivity index (χ2v) is 8.90. The predicted octanol–water partition coefficient (Wildman–Crippen LogP) is 0.782. The molecule has 2 aliphatic heterocycles. The van der Waals surface area contributed by atoms with Gasteiger partial charge in [0.25, 0.3) is 0 Å². The van der Waals surface area contributed by atoms with Crippen LogP contribution >= 0.6 is 0 Å². The minimum absolute atomic E-state index is 0.0998. The molecule has 0 aliphatic carbocycles. The normalized spacial score (nSPS) is 41.1. The Morgan fingerprint density at radius 2 is 2.15 bits per heavy atom. The van der Waals surface area contributed by atoms with Crippen molar-refractivity contribution in [2.24, 2.45) is 5.73 Å². The van der Waals surface area contributed by atoms with Gasteiger partial charge in [-0.25, -0.2) is 8.42 Å². The molecule has 0 radical (unpaired) electrons. The highest BCUT2D eigenvalue weighted by molar-refractivity contribution is 7.91. The Hall–Kier alpha value is -0.170. The Bertz CT molecular complexity index is 453. The summed E-state index contributed by atoms with van der Waals surface area (Å²) in [6.45, 7) is 5.52. The van der Waals surface area contributed by atoms with Crippen molar-refractivity contribution in [3.63, 3.8) is 0 Å². The van der Waals surface area contributed by atoms with Gasteiger partial charge in [-0.3, -0.25) is 4.90 Å². The summed E-state index contributed by atoms with van der Waals surface area (Å²) in [6.07, 6.45) is 3.43. The van der Waals surface area contributed by atoms with Crippen molar-refractivity contribution in [3.05, 3.63) is 0 Å². The van der Waals surface area contributed by atoms with Gasteiger partial charge in [-0.2, -0.15) is 0 Å². The van der Waals surface area contributed by atoms with E-state index in [0.717, 1.165) is 25.7 Å². The minimum atomic E-state index is -2.86. The number of ether oxygens (including phenoxy) is 1. The van der Waals surface area contributed by atoms with Gasteiger partial charge in [0.1, 0.15) is 0 Å². The van der Waals surface area contributed by atoms with Crippen LogP contribution in [0.5, 0.6) is 0 Å². The molecule has 0 bridgehead atoms. The molecule has 3 atom stereocenters. The molecule has 2 rings (SSSR count). The highest BCUT2D eigenvalue weighted by Crippen LogP contribution is 2.39. The van der Waals surface area contributed by atoms with Crippen LogP contribution in [0.15, 0.2) is 0 Å². The second kappa shape index (κ2) is 5.55. The molecule has 20 heavy (non-hydrogen) atoms. The molecule has 2 N–H and O–H groups in total. The fourth-order valence-electron chi connectivity index (χ4n) is 3.64. The summed E-state index contributed by atoms with van der Waals surface area (Å²) >= 11 is 0. The Balaban J connectivity index is 2.18. The van der Waals surface area contributed by atoms with Gasteiger partial charge >= 0.3 is 0 Å². The first-order valence-electron chi connectivity index (χ1n) is 7.53. The number of sulfone groups is 1. The first-order chi connectivity index (χ1) is 9.26. The molecule has 0 aromatic carbocycles. The number of nitrogens with zero attached hydrogens (tertiary/aromatic N) is 1. The zero-order chi connectivity index (χ0) is 15.0. The average molecular weight is 304 g/mol. The van der Waals surface area contributed by atoms with Crippen LogP contribution in [0, 0.1) is 0 Å². The largest absolute Gasteiger partial charge is 0.375 e. The van der Waals surface area contributed by atoms with Crippen LogP contribution in [0.3, 0.4) is 0 Å². The van der Waals surface area contributed by atoms with Crippen LogP contribution in [0.2, 0.25) is 0 Å². The summed E-state index contributed by atoms with van der Waals surface area (Å²) < 4.78 is 29.4. The maximum Gasteiger partial charge on any atom is 0.151 e. The van der Waals surface area contributed by atoms with Crippen LogP contribution in [-0.4, -0.2) is 62.2 Å². The zero-order valence-corrected chi connectivity index (χ0v) is 13.7. The molecule has 0 aromatic heterocycles. The van der Waals surface area contributed by atoms with Crippen molar-refractivity contribution < 1.29 is 13.2 Å². The number of rotatable bonds is 4. The van der Waals surface area contributed by atoms with Crippen LogP contribution in [0.1, 0.15) is 39.5 Å². The Kier molecular flexibility index (Phi) is 4.50. The zero-order valence-electron chi connectivity index (χ0n) is 12.9. The number of likely N-dealkylation sites (N-methyl/N-ethyl adjacent to an activating group) is 1. The molecule has 0 saturated carbocycles. The van der Waals surface area contributed by atoms with E-state index in [-0.39, 0.29) is 22.9 Å². The quantitative estimate of drug-likeness (QED) is 0.831. The Labute approximate surface area is 122 Å². The molecule has 2 saturated heterocycles. The van der Waals surface area contributed by atoms with Crippen molar-refractivity contribution in [1.29, 1.82) is 0 Å². The first kappa shape index (κ1) is 16.2. The standard InChI is InChI=1S/C14H28N2O3S/c1-4-13(2)10-14(11-15,6-7-19-13)16(3)12-5-8-20(17,18)9-12/h12H,4-11,15H2,1-3H3. The molecule has 2 aliphatic rings. The van der Waals surface area contributed by atoms with E-state index in [4.69, 9.17) is 10.5 Å². The van der Waals surface area contributed by atoms with Gasteiger partial charge in [0.2, 0.25) is 0 Å². The Morgan fingerprint density at radius 1 is 1.45 bits per heavy atom. The fourth-order valence-corrected chi connectivity index (χ4v) is 5.41. The lowest BCUT2D eigenvalue weighted by Crippen LogP contribution is -2.62. The monoisotopic (exact) mass is 304 g/mol. The predicted molar refractivity (Wildman–Crippen MR) is 80.5 cm³/mol. The lowest BCUT2D eigenvalue weighted by molar-refractivity contribution is -0.130. The smallest absolute Gasteiger partial charge is 0.151 e. The van der Waals surface area contributed by atoms with Gasteiger partial charge in [-0.1, -0.05) is 6.92 Å². The Morgan fingerprint density at radius 3 is 2.65 bits per heavy atom. The molecule has 0 aromatic rings. The van der Waals surface area contributed by atoms with Gasteiger partial charge in [-0.05, 0) is 39.7 Å². The van der Waals surface area contributed by atoms with Crippen LogP contribution < -0.4 is 5.73 Å². The summed E-state index contributed by atoms with van der Waals surface area (Å²) in [4.78, 5) is 2.24. The van der Waals surface area contributed by atoms with Gasteiger partial charge in [0.15, 0.2) is 9.84 Å². The lowest BCUT2D eigenvalue weighted by atomic mass is 9.77. The summed E-state index contributed by atoms with van der Waals surface area (Å²) in [5.74, 6) is 0.582. The molecule has 3 unspecified atom stereocenters. The van der Waals surface area contributed by atoms with Crippen molar-refractivity contribution in [2.45, 2.75) is 56.7 Å². The van der Waals surface area contributed by atoms with E-state index in [0.29, 0.717) is 18.9 Å². The van der Waals surface area contributed by atoms with E-state index in [9.17, 15) is 8.42 Å². The molecule has 0 spiro atoms. The van der Waals surface area contributed by atoms with Crippen molar-refractivity contribution in [2.75, 3.05) is 31.7 Å². The maximum absolute atomic E-state index is 11.7. The molecule has 2 fully saturated rings. The number of hydrogen-bond acceptors (Lipinski definition) is 5. The number of nitrogens with two attached hydrogens (primary N) is 1. The summed E-state index contributed by atoms with van der Waals surface area (Å²) in [5.41, 5.74) is 5.82. The molecule has 6 heteroatoms. The topological polar surface area (TPSA) is 72.6 Å². The van der Waals surface area contributed by atoms with Gasteiger partial charge in [0, 0.05) is 24.7 Å². The third kappa shape index (κ3) is 3.03. The lowest BCUT2D eigenvalue weighted by Gasteiger charge is -2.52. The summed E-state index contributed by atoms with van der Waals surface area (Å²) in [6, 6.07) is 0.0998. The molecular weight excluding hydrogens is 276 g/mol. The minimum Gasteiger partial charge on any atom is -0.375 e. The van der Waals surface area contributed by atoms with Gasteiger partial charge in [-0.15, -0.1) is 0 Å². The number of hydrogen-bond donors (Lipinski definition) is 1. The van der Waals surface area contributed by atoms with Crippen LogP contribution in [0.4, 0.5) is 0 Å².